The van der Waals surface area contributed by atoms with E-state index in [-0.39, 0.29) is 19.4 Å². The number of phosphoric ester groups is 1. The second-order valence-corrected chi connectivity index (χ2v) is 16.3. The average Bonchev–Trinajstić information content (AvgIpc) is 3.20. The number of hydrogen-bond acceptors (Lipinski definition) is 9. The highest BCUT2D eigenvalue weighted by Gasteiger charge is 2.28. The van der Waals surface area contributed by atoms with Gasteiger partial charge in [-0.1, -0.05) is 152 Å². The van der Waals surface area contributed by atoms with Gasteiger partial charge in [0.1, 0.15) is 12.6 Å². The molecule has 0 saturated carbocycles. The summed E-state index contributed by atoms with van der Waals surface area (Å²) in [6.07, 6.45) is 47.2. The SMILES string of the molecule is CCCCC/C=C/C/C=C/C/C=C/CCCCCCC(=O)OC[C@H](COP(=O)(O)OC[C@H](N)C(=O)O)OC(=O)CCC/C=C/C/C=C/CCCCCCCCCCC. The van der Waals surface area contributed by atoms with Gasteiger partial charge in [0.2, 0.25) is 0 Å². The fourth-order valence-electron chi connectivity index (χ4n) is 5.70. The van der Waals surface area contributed by atoms with Gasteiger partial charge in [-0.05, 0) is 77.0 Å². The number of unbranched alkanes of at least 4 members (excludes halogenated alkanes) is 17. The van der Waals surface area contributed by atoms with Crippen LogP contribution in [0.3, 0.4) is 0 Å². The molecule has 0 aliphatic heterocycles. The molecular formula is C46H80NO10P. The van der Waals surface area contributed by atoms with Crippen LogP contribution in [0.5, 0.6) is 0 Å². The summed E-state index contributed by atoms with van der Waals surface area (Å²) >= 11 is 0. The van der Waals surface area contributed by atoms with E-state index in [1.807, 2.05) is 6.08 Å². The van der Waals surface area contributed by atoms with Crippen LogP contribution in [0.1, 0.15) is 181 Å². The van der Waals surface area contributed by atoms with E-state index in [9.17, 15) is 23.8 Å². The van der Waals surface area contributed by atoms with E-state index in [0.717, 1.165) is 57.8 Å². The lowest BCUT2D eigenvalue weighted by Gasteiger charge is -2.20. The molecule has 0 aromatic heterocycles. The Balaban J connectivity index is 4.46. The quantitative estimate of drug-likeness (QED) is 0.0231. The third-order valence-corrected chi connectivity index (χ3v) is 10.2. The minimum Gasteiger partial charge on any atom is -0.480 e. The van der Waals surface area contributed by atoms with Gasteiger partial charge in [0.25, 0.3) is 0 Å². The van der Waals surface area contributed by atoms with Gasteiger partial charge in [-0.25, -0.2) is 4.57 Å². The molecule has 0 radical (unpaired) electrons. The number of aliphatic carboxylic acids is 1. The first kappa shape index (κ1) is 55.2. The van der Waals surface area contributed by atoms with Gasteiger partial charge in [0, 0.05) is 12.8 Å². The predicted molar refractivity (Wildman–Crippen MR) is 235 cm³/mol. The van der Waals surface area contributed by atoms with Crippen molar-refractivity contribution < 1.29 is 47.5 Å². The number of ether oxygens (including phenoxy) is 2. The van der Waals surface area contributed by atoms with Gasteiger partial charge in [-0.15, -0.1) is 0 Å². The molecule has 0 fully saturated rings. The molecule has 0 aromatic rings. The number of phosphoric acid groups is 1. The van der Waals surface area contributed by atoms with Gasteiger partial charge in [0.05, 0.1) is 13.2 Å². The van der Waals surface area contributed by atoms with Crippen LogP contribution in [0.4, 0.5) is 0 Å². The Hall–Kier alpha value is -2.82. The molecular weight excluding hydrogens is 757 g/mol. The van der Waals surface area contributed by atoms with Crippen molar-refractivity contribution in [3.05, 3.63) is 60.8 Å². The Labute approximate surface area is 351 Å². The zero-order chi connectivity index (χ0) is 42.8. The number of rotatable bonds is 41. The standard InChI is InChI=1S/C46H80NO10P/c1-3-5-7-9-11-13-15-17-19-21-23-25-27-29-31-33-35-37-44(48)54-39-42(40-55-58(52,53)56-41-43(47)46(50)51)57-45(49)38-36-34-32-30-28-26-24-22-20-18-16-14-12-10-8-6-4-2/h11,13,17,19,23-26,30,32,42-43H,3-10,12,14-16,18,20-22,27-29,31,33-41,47H2,1-2H3,(H,50,51)(H,52,53)/b13-11+,19-17+,25-23+,26-24+,32-30+/t42-,43+/m1/s1. The summed E-state index contributed by atoms with van der Waals surface area (Å²) in [7, 11) is -4.74. The van der Waals surface area contributed by atoms with E-state index in [1.165, 1.54) is 77.0 Å². The summed E-state index contributed by atoms with van der Waals surface area (Å²) in [6, 6.07) is -1.53. The molecule has 0 aliphatic carbocycles. The summed E-state index contributed by atoms with van der Waals surface area (Å²) < 4.78 is 32.6. The van der Waals surface area contributed by atoms with Crippen molar-refractivity contribution in [1.82, 2.24) is 0 Å². The zero-order valence-electron chi connectivity index (χ0n) is 36.1. The van der Waals surface area contributed by atoms with Crippen LogP contribution < -0.4 is 5.73 Å². The molecule has 334 valence electrons. The zero-order valence-corrected chi connectivity index (χ0v) is 37.0. The van der Waals surface area contributed by atoms with Gasteiger partial charge >= 0.3 is 25.7 Å². The lowest BCUT2D eigenvalue weighted by Crippen LogP contribution is -2.34. The molecule has 0 aliphatic rings. The third kappa shape index (κ3) is 40.0. The Kier molecular flexibility index (Phi) is 38.9. The number of hydrogen-bond donors (Lipinski definition) is 3. The van der Waals surface area contributed by atoms with Crippen molar-refractivity contribution in [3.8, 4) is 0 Å². The lowest BCUT2D eigenvalue weighted by atomic mass is 10.1. The smallest absolute Gasteiger partial charge is 0.472 e. The van der Waals surface area contributed by atoms with Crippen molar-refractivity contribution in [2.75, 3.05) is 19.8 Å². The van der Waals surface area contributed by atoms with E-state index in [1.54, 1.807) is 0 Å². The average molecular weight is 838 g/mol. The highest BCUT2D eigenvalue weighted by molar-refractivity contribution is 7.47. The molecule has 0 spiro atoms. The van der Waals surface area contributed by atoms with E-state index in [2.05, 4.69) is 73.1 Å². The Bertz CT molecular complexity index is 1210. The predicted octanol–water partition coefficient (Wildman–Crippen LogP) is 12.0. The van der Waals surface area contributed by atoms with Crippen molar-refractivity contribution in [2.45, 2.75) is 193 Å². The molecule has 1 unspecified atom stereocenters. The van der Waals surface area contributed by atoms with Crippen LogP contribution >= 0.6 is 7.82 Å². The van der Waals surface area contributed by atoms with Gasteiger partial charge in [-0.2, -0.15) is 0 Å². The van der Waals surface area contributed by atoms with E-state index < -0.39 is 51.1 Å². The molecule has 3 atom stereocenters. The molecule has 4 N–H and O–H groups in total. The van der Waals surface area contributed by atoms with Gasteiger partial charge in [-0.3, -0.25) is 23.4 Å². The first-order valence-corrected chi connectivity index (χ1v) is 23.8. The third-order valence-electron chi connectivity index (χ3n) is 9.24. The fourth-order valence-corrected chi connectivity index (χ4v) is 6.48. The molecule has 11 nitrogen and oxygen atoms in total. The molecule has 0 saturated heterocycles. The number of esters is 2. The van der Waals surface area contributed by atoms with Crippen molar-refractivity contribution in [1.29, 1.82) is 0 Å². The van der Waals surface area contributed by atoms with Crippen LogP contribution in [0.15, 0.2) is 60.8 Å². The maximum absolute atomic E-state index is 12.6. The summed E-state index contributed by atoms with van der Waals surface area (Å²) in [5.41, 5.74) is 5.33. The second-order valence-electron chi connectivity index (χ2n) is 14.8. The summed E-state index contributed by atoms with van der Waals surface area (Å²) in [5, 5.41) is 8.89. The summed E-state index contributed by atoms with van der Waals surface area (Å²) in [4.78, 5) is 45.9. The van der Waals surface area contributed by atoms with Crippen LogP contribution in [-0.2, 0) is 37.5 Å². The van der Waals surface area contributed by atoms with Crippen LogP contribution in [0.2, 0.25) is 0 Å². The number of nitrogens with two attached hydrogens (primary N) is 1. The van der Waals surface area contributed by atoms with E-state index in [4.69, 9.17) is 24.8 Å². The largest absolute Gasteiger partial charge is 0.480 e. The van der Waals surface area contributed by atoms with Crippen molar-refractivity contribution >= 4 is 25.7 Å². The Morgan fingerprint density at radius 1 is 0.534 bits per heavy atom. The summed E-state index contributed by atoms with van der Waals surface area (Å²) in [6.45, 7) is 2.71. The number of allylic oxidation sites excluding steroid dienone is 10. The molecule has 0 bridgehead atoms. The number of carboxylic acids is 1. The van der Waals surface area contributed by atoms with Crippen molar-refractivity contribution in [2.24, 2.45) is 5.73 Å². The Morgan fingerprint density at radius 3 is 1.45 bits per heavy atom. The molecule has 0 heterocycles. The van der Waals surface area contributed by atoms with Crippen LogP contribution in [-0.4, -0.2) is 59.9 Å². The molecule has 12 heteroatoms. The van der Waals surface area contributed by atoms with Gasteiger partial charge < -0.3 is 25.2 Å². The number of carbonyl (C=O) groups excluding carboxylic acids is 2. The normalized spacial score (nSPS) is 14.3. The summed E-state index contributed by atoms with van der Waals surface area (Å²) in [5.74, 6) is -2.47. The van der Waals surface area contributed by atoms with Crippen LogP contribution in [0, 0.1) is 0 Å². The molecule has 0 amide bonds. The highest BCUT2D eigenvalue weighted by atomic mass is 31.2. The Morgan fingerprint density at radius 2 is 0.931 bits per heavy atom. The topological polar surface area (TPSA) is 172 Å². The number of carbonyl (C=O) groups is 3. The minimum atomic E-state index is -4.74. The molecule has 58 heavy (non-hydrogen) atoms. The van der Waals surface area contributed by atoms with Crippen molar-refractivity contribution in [3.63, 3.8) is 0 Å². The molecule has 0 rings (SSSR count). The number of carboxylic acid groups (broad SMARTS) is 1. The molecule has 0 aromatic carbocycles. The first-order valence-electron chi connectivity index (χ1n) is 22.3. The van der Waals surface area contributed by atoms with Gasteiger partial charge in [0.15, 0.2) is 6.10 Å². The van der Waals surface area contributed by atoms with E-state index in [0.29, 0.717) is 19.3 Å². The van der Waals surface area contributed by atoms with E-state index >= 15 is 0 Å². The first-order chi connectivity index (χ1) is 28.1. The maximum atomic E-state index is 12.6. The minimum absolute atomic E-state index is 0.0900. The second kappa shape index (κ2) is 40.9. The maximum Gasteiger partial charge on any atom is 0.472 e. The highest BCUT2D eigenvalue weighted by Crippen LogP contribution is 2.43. The van der Waals surface area contributed by atoms with Crippen LogP contribution in [0.25, 0.3) is 0 Å². The monoisotopic (exact) mass is 838 g/mol. The fraction of sp³-hybridized carbons (Fsp3) is 0.717. The lowest BCUT2D eigenvalue weighted by molar-refractivity contribution is -0.161.